The van der Waals surface area contributed by atoms with Crippen LogP contribution in [0.3, 0.4) is 0 Å². The molecule has 1 unspecified atom stereocenters. The topological polar surface area (TPSA) is 84.9 Å². The Morgan fingerprint density at radius 3 is 1.94 bits per heavy atom. The summed E-state index contributed by atoms with van der Waals surface area (Å²) in [5.41, 5.74) is 2.26. The van der Waals surface area contributed by atoms with Crippen molar-refractivity contribution in [3.8, 4) is 5.75 Å². The zero-order chi connectivity index (χ0) is 25.0. The molecule has 7 nitrogen and oxygen atoms in total. The Labute approximate surface area is 205 Å². The molecule has 2 amide bonds. The second-order valence-electron chi connectivity index (χ2n) is 7.91. The number of nitrogens with zero attached hydrogens (tertiary/aromatic N) is 1. The van der Waals surface area contributed by atoms with Crippen molar-refractivity contribution in [2.45, 2.75) is 33.0 Å². The molecule has 1 atom stereocenters. The maximum atomic E-state index is 13.2. The van der Waals surface area contributed by atoms with Gasteiger partial charge in [-0.2, -0.15) is 0 Å². The van der Waals surface area contributed by atoms with Gasteiger partial charge in [0.2, 0.25) is 0 Å². The predicted molar refractivity (Wildman–Crippen MR) is 133 cm³/mol. The fraction of sp³-hybridized carbons (Fsp3) is 0.250. The second kappa shape index (κ2) is 12.9. The van der Waals surface area contributed by atoms with E-state index in [9.17, 15) is 14.4 Å². The zero-order valence-electron chi connectivity index (χ0n) is 20.0. The highest BCUT2D eigenvalue weighted by Crippen LogP contribution is 2.17. The van der Waals surface area contributed by atoms with Gasteiger partial charge < -0.3 is 19.7 Å². The molecule has 0 aliphatic rings. The largest absolute Gasteiger partial charge is 0.493 e. The molecule has 0 heterocycles. The number of carbonyl (C=O) groups is 3. The van der Waals surface area contributed by atoms with Crippen molar-refractivity contribution in [2.75, 3.05) is 13.2 Å². The number of nitrogens with one attached hydrogen (secondary N) is 1. The van der Waals surface area contributed by atoms with Crippen molar-refractivity contribution in [1.82, 2.24) is 10.2 Å². The molecule has 0 aromatic heterocycles. The average Bonchev–Trinajstić information content (AvgIpc) is 2.88. The summed E-state index contributed by atoms with van der Waals surface area (Å²) in [6, 6.07) is 26.0. The molecule has 0 saturated heterocycles. The highest BCUT2D eigenvalue weighted by molar-refractivity contribution is 5.98. The van der Waals surface area contributed by atoms with Crippen molar-refractivity contribution < 1.29 is 23.9 Å². The number of ether oxygens (including phenoxy) is 2. The third kappa shape index (κ3) is 7.71. The zero-order valence-corrected chi connectivity index (χ0v) is 20.0. The first kappa shape index (κ1) is 25.5. The van der Waals surface area contributed by atoms with Crippen LogP contribution in [0.15, 0.2) is 84.9 Å². The molecule has 35 heavy (non-hydrogen) atoms. The summed E-state index contributed by atoms with van der Waals surface area (Å²) in [5, 5.41) is 2.53. The number of rotatable bonds is 11. The van der Waals surface area contributed by atoms with Crippen LogP contribution in [0.1, 0.15) is 35.3 Å². The van der Waals surface area contributed by atoms with Gasteiger partial charge in [-0.3, -0.25) is 14.4 Å². The number of amides is 2. The van der Waals surface area contributed by atoms with E-state index in [1.54, 1.807) is 29.2 Å². The van der Waals surface area contributed by atoms with E-state index in [1.165, 1.54) is 6.92 Å². The maximum Gasteiger partial charge on any atom is 0.326 e. The molecule has 3 aromatic rings. The van der Waals surface area contributed by atoms with Gasteiger partial charge in [-0.1, -0.05) is 72.8 Å². The lowest BCUT2D eigenvalue weighted by Crippen LogP contribution is -2.41. The molecule has 0 spiro atoms. The minimum absolute atomic E-state index is 0.320. The van der Waals surface area contributed by atoms with Crippen LogP contribution in [0.25, 0.3) is 0 Å². The van der Waals surface area contributed by atoms with E-state index >= 15 is 0 Å². The minimum Gasteiger partial charge on any atom is -0.493 e. The monoisotopic (exact) mass is 474 g/mol. The van der Waals surface area contributed by atoms with Crippen LogP contribution in [0.2, 0.25) is 0 Å². The van der Waals surface area contributed by atoms with E-state index in [4.69, 9.17) is 9.47 Å². The first-order valence-electron chi connectivity index (χ1n) is 11.5. The number of benzene rings is 3. The molecular formula is C28H30N2O5. The molecule has 0 radical (unpaired) electrons. The summed E-state index contributed by atoms with van der Waals surface area (Å²) in [4.78, 5) is 39.8. The SMILES string of the molecule is CCOc1ccccc1C(=O)NCC(=O)OC(C)C(=O)N(Cc1ccccc1)Cc1ccccc1. The van der Waals surface area contributed by atoms with Crippen LogP contribution >= 0.6 is 0 Å². The molecule has 0 saturated carbocycles. The van der Waals surface area contributed by atoms with Crippen LogP contribution < -0.4 is 10.1 Å². The van der Waals surface area contributed by atoms with Gasteiger partial charge in [0.25, 0.3) is 11.8 Å². The van der Waals surface area contributed by atoms with Crippen LogP contribution in [0, 0.1) is 0 Å². The van der Waals surface area contributed by atoms with E-state index in [2.05, 4.69) is 5.32 Å². The third-order valence-electron chi connectivity index (χ3n) is 5.22. The van der Waals surface area contributed by atoms with E-state index < -0.39 is 18.0 Å². The first-order chi connectivity index (χ1) is 17.0. The van der Waals surface area contributed by atoms with Gasteiger partial charge in [-0.25, -0.2) is 0 Å². The Bertz CT molecular complexity index is 1080. The van der Waals surface area contributed by atoms with Crippen LogP contribution in [-0.4, -0.2) is 41.9 Å². The van der Waals surface area contributed by atoms with Gasteiger partial charge in [0.05, 0.1) is 12.2 Å². The Hall–Kier alpha value is -4.13. The number of carbonyl (C=O) groups excluding carboxylic acids is 3. The summed E-state index contributed by atoms with van der Waals surface area (Å²) in [5.74, 6) is -1.05. The molecular weight excluding hydrogens is 444 g/mol. The smallest absolute Gasteiger partial charge is 0.326 e. The number of esters is 1. The molecule has 3 rings (SSSR count). The lowest BCUT2D eigenvalue weighted by atomic mass is 10.1. The van der Waals surface area contributed by atoms with Crippen molar-refractivity contribution in [3.05, 3.63) is 102 Å². The summed E-state index contributed by atoms with van der Waals surface area (Å²) in [6.07, 6.45) is -1.01. The summed E-state index contributed by atoms with van der Waals surface area (Å²) in [6.45, 7) is 4.16. The Balaban J connectivity index is 1.60. The lowest BCUT2D eigenvalue weighted by Gasteiger charge is -2.26. The highest BCUT2D eigenvalue weighted by atomic mass is 16.5. The first-order valence-corrected chi connectivity index (χ1v) is 11.5. The summed E-state index contributed by atoms with van der Waals surface area (Å²) < 4.78 is 10.8. The normalized spacial score (nSPS) is 11.3. The van der Waals surface area contributed by atoms with E-state index in [0.29, 0.717) is 31.0 Å². The van der Waals surface area contributed by atoms with E-state index in [0.717, 1.165) is 11.1 Å². The summed E-state index contributed by atoms with van der Waals surface area (Å²) in [7, 11) is 0. The lowest BCUT2D eigenvalue weighted by molar-refractivity contribution is -0.158. The molecule has 3 aromatic carbocycles. The van der Waals surface area contributed by atoms with Crippen LogP contribution in [0.4, 0.5) is 0 Å². The molecule has 0 aliphatic carbocycles. The van der Waals surface area contributed by atoms with Gasteiger partial charge in [0.15, 0.2) is 6.10 Å². The van der Waals surface area contributed by atoms with Gasteiger partial charge in [0, 0.05) is 13.1 Å². The van der Waals surface area contributed by atoms with Gasteiger partial charge >= 0.3 is 5.97 Å². The fourth-order valence-corrected chi connectivity index (χ4v) is 3.55. The highest BCUT2D eigenvalue weighted by Gasteiger charge is 2.25. The minimum atomic E-state index is -1.01. The molecule has 0 aliphatic heterocycles. The summed E-state index contributed by atoms with van der Waals surface area (Å²) >= 11 is 0. The molecule has 7 heteroatoms. The standard InChI is InChI=1S/C28H30N2O5/c1-3-34-25-17-11-10-16-24(25)27(32)29-18-26(31)35-21(2)28(33)30(19-22-12-6-4-7-13-22)20-23-14-8-5-9-15-23/h4-17,21H,3,18-20H2,1-2H3,(H,29,32). The van der Waals surface area contributed by atoms with Crippen LogP contribution in [-0.2, 0) is 27.4 Å². The molecule has 1 N–H and O–H groups in total. The Morgan fingerprint density at radius 1 is 0.829 bits per heavy atom. The van der Waals surface area contributed by atoms with E-state index in [1.807, 2.05) is 67.6 Å². The predicted octanol–water partition coefficient (Wildman–Crippen LogP) is 3.98. The second-order valence-corrected chi connectivity index (χ2v) is 7.91. The van der Waals surface area contributed by atoms with Crippen molar-refractivity contribution in [3.63, 3.8) is 0 Å². The molecule has 0 bridgehead atoms. The fourth-order valence-electron chi connectivity index (χ4n) is 3.55. The van der Waals surface area contributed by atoms with Gasteiger partial charge in [-0.15, -0.1) is 0 Å². The number of hydrogen-bond acceptors (Lipinski definition) is 5. The number of para-hydroxylation sites is 1. The van der Waals surface area contributed by atoms with E-state index in [-0.39, 0.29) is 12.5 Å². The molecule has 182 valence electrons. The number of hydrogen-bond donors (Lipinski definition) is 1. The Morgan fingerprint density at radius 2 is 1.37 bits per heavy atom. The van der Waals surface area contributed by atoms with Crippen molar-refractivity contribution in [1.29, 1.82) is 0 Å². The van der Waals surface area contributed by atoms with Crippen LogP contribution in [0.5, 0.6) is 5.75 Å². The Kier molecular flexibility index (Phi) is 9.42. The van der Waals surface area contributed by atoms with Crippen molar-refractivity contribution >= 4 is 17.8 Å². The maximum absolute atomic E-state index is 13.2. The van der Waals surface area contributed by atoms with Gasteiger partial charge in [-0.05, 0) is 37.1 Å². The quantitative estimate of drug-likeness (QED) is 0.425. The molecule has 0 fully saturated rings. The van der Waals surface area contributed by atoms with Crippen molar-refractivity contribution in [2.24, 2.45) is 0 Å². The average molecular weight is 475 g/mol. The third-order valence-corrected chi connectivity index (χ3v) is 5.22. The van der Waals surface area contributed by atoms with Gasteiger partial charge in [0.1, 0.15) is 12.3 Å².